The summed E-state index contributed by atoms with van der Waals surface area (Å²) >= 11 is 0. The molecule has 0 aliphatic heterocycles. The van der Waals surface area contributed by atoms with Crippen molar-refractivity contribution >= 4 is 5.91 Å². The maximum Gasteiger partial charge on any atom is 0.223 e. The molecule has 0 heterocycles. The highest BCUT2D eigenvalue weighted by Crippen LogP contribution is 2.03. The van der Waals surface area contributed by atoms with E-state index in [0.717, 1.165) is 12.8 Å². The summed E-state index contributed by atoms with van der Waals surface area (Å²) in [6, 6.07) is 0. The Balaban J connectivity index is 3.55. The second-order valence-corrected chi connectivity index (χ2v) is 2.75. The molecule has 3 heteroatoms. The summed E-state index contributed by atoms with van der Waals surface area (Å²) in [6.07, 6.45) is 6.70. The lowest BCUT2D eigenvalue weighted by atomic mass is 10.1. The summed E-state index contributed by atoms with van der Waals surface area (Å²) < 4.78 is 0. The van der Waals surface area contributed by atoms with Gasteiger partial charge in [-0.05, 0) is 19.4 Å². The lowest BCUT2D eigenvalue weighted by Crippen LogP contribution is -2.29. The zero-order chi connectivity index (χ0) is 9.40. The van der Waals surface area contributed by atoms with Crippen molar-refractivity contribution in [3.63, 3.8) is 0 Å². The Morgan fingerprint density at radius 1 is 1.75 bits per heavy atom. The van der Waals surface area contributed by atoms with E-state index in [1.54, 1.807) is 0 Å². The smallest absolute Gasteiger partial charge is 0.223 e. The minimum Gasteiger partial charge on any atom is -0.345 e. The standard InChI is InChI=1S/C9H16N2O/c1-3-7-11-9(12)8(2)5-4-6-10/h1,8H,4-7,10H2,2H3,(H,11,12). The topological polar surface area (TPSA) is 55.1 Å². The Bertz CT molecular complexity index is 172. The molecule has 3 N–H and O–H groups in total. The molecule has 0 aliphatic rings. The van der Waals surface area contributed by atoms with Crippen LogP contribution in [0.4, 0.5) is 0 Å². The van der Waals surface area contributed by atoms with Crippen LogP contribution >= 0.6 is 0 Å². The molecule has 0 radical (unpaired) electrons. The first-order valence-corrected chi connectivity index (χ1v) is 4.13. The number of hydrogen-bond donors (Lipinski definition) is 2. The van der Waals surface area contributed by atoms with Gasteiger partial charge in [-0.2, -0.15) is 0 Å². The zero-order valence-electron chi connectivity index (χ0n) is 7.47. The van der Waals surface area contributed by atoms with E-state index in [9.17, 15) is 4.79 Å². The van der Waals surface area contributed by atoms with Crippen molar-refractivity contribution in [1.82, 2.24) is 5.32 Å². The summed E-state index contributed by atoms with van der Waals surface area (Å²) in [7, 11) is 0. The van der Waals surface area contributed by atoms with Gasteiger partial charge >= 0.3 is 0 Å². The highest BCUT2D eigenvalue weighted by molar-refractivity contribution is 5.78. The van der Waals surface area contributed by atoms with Crippen molar-refractivity contribution in [3.05, 3.63) is 0 Å². The van der Waals surface area contributed by atoms with Crippen LogP contribution in [0.5, 0.6) is 0 Å². The number of nitrogens with two attached hydrogens (primary N) is 1. The average Bonchev–Trinajstić information content (AvgIpc) is 2.10. The van der Waals surface area contributed by atoms with Gasteiger partial charge in [-0.3, -0.25) is 4.79 Å². The third-order valence-electron chi connectivity index (χ3n) is 1.65. The number of carbonyl (C=O) groups excluding carboxylic acids is 1. The first kappa shape index (κ1) is 11.0. The van der Waals surface area contributed by atoms with Crippen LogP contribution in [0.25, 0.3) is 0 Å². The second kappa shape index (κ2) is 6.68. The molecule has 1 amide bonds. The molecule has 1 unspecified atom stereocenters. The highest BCUT2D eigenvalue weighted by atomic mass is 16.1. The first-order valence-electron chi connectivity index (χ1n) is 4.13. The van der Waals surface area contributed by atoms with E-state index in [2.05, 4.69) is 11.2 Å². The number of rotatable bonds is 5. The maximum absolute atomic E-state index is 11.2. The van der Waals surface area contributed by atoms with E-state index >= 15 is 0 Å². The third-order valence-corrected chi connectivity index (χ3v) is 1.65. The zero-order valence-corrected chi connectivity index (χ0v) is 7.47. The van der Waals surface area contributed by atoms with Crippen LogP contribution in [0, 0.1) is 18.3 Å². The van der Waals surface area contributed by atoms with Crippen LogP contribution in [0.3, 0.4) is 0 Å². The number of terminal acetylenes is 1. The minimum absolute atomic E-state index is 0.0152. The molecule has 3 nitrogen and oxygen atoms in total. The monoisotopic (exact) mass is 168 g/mol. The Labute approximate surface area is 73.7 Å². The molecule has 0 saturated heterocycles. The maximum atomic E-state index is 11.2. The largest absolute Gasteiger partial charge is 0.345 e. The number of amides is 1. The molecule has 1 atom stereocenters. The van der Waals surface area contributed by atoms with Crippen molar-refractivity contribution < 1.29 is 4.79 Å². The van der Waals surface area contributed by atoms with E-state index in [1.807, 2.05) is 6.92 Å². The molecule has 12 heavy (non-hydrogen) atoms. The fourth-order valence-electron chi connectivity index (χ4n) is 0.868. The molecule has 0 aromatic heterocycles. The van der Waals surface area contributed by atoms with Gasteiger partial charge in [-0.25, -0.2) is 0 Å². The van der Waals surface area contributed by atoms with Gasteiger partial charge in [0.25, 0.3) is 0 Å². The van der Waals surface area contributed by atoms with Crippen LogP contribution in [-0.4, -0.2) is 19.0 Å². The molecule has 0 fully saturated rings. The van der Waals surface area contributed by atoms with Gasteiger partial charge in [0.1, 0.15) is 0 Å². The fraction of sp³-hybridized carbons (Fsp3) is 0.667. The SMILES string of the molecule is C#CCNC(=O)C(C)CCCN. The molecule has 0 aromatic carbocycles. The van der Waals surface area contributed by atoms with E-state index in [4.69, 9.17) is 12.2 Å². The lowest BCUT2D eigenvalue weighted by Gasteiger charge is -2.09. The van der Waals surface area contributed by atoms with Gasteiger partial charge in [0.15, 0.2) is 0 Å². The quantitative estimate of drug-likeness (QED) is 0.572. The Hall–Kier alpha value is -1.01. The van der Waals surface area contributed by atoms with Crippen molar-refractivity contribution in [2.75, 3.05) is 13.1 Å². The van der Waals surface area contributed by atoms with Crippen molar-refractivity contribution in [1.29, 1.82) is 0 Å². The van der Waals surface area contributed by atoms with Crippen LogP contribution in [0.15, 0.2) is 0 Å². The molecular weight excluding hydrogens is 152 g/mol. The molecule has 0 aromatic rings. The Morgan fingerprint density at radius 2 is 2.42 bits per heavy atom. The van der Waals surface area contributed by atoms with Gasteiger partial charge < -0.3 is 11.1 Å². The van der Waals surface area contributed by atoms with E-state index in [-0.39, 0.29) is 11.8 Å². The summed E-state index contributed by atoms with van der Waals surface area (Å²) in [4.78, 5) is 11.2. The van der Waals surface area contributed by atoms with Crippen LogP contribution < -0.4 is 11.1 Å². The predicted octanol–water partition coefficient (Wildman–Crippen LogP) is 0.111. The normalized spacial score (nSPS) is 11.8. The number of hydrogen-bond acceptors (Lipinski definition) is 2. The first-order chi connectivity index (χ1) is 5.72. The fourth-order valence-corrected chi connectivity index (χ4v) is 0.868. The molecule has 0 rings (SSSR count). The minimum atomic E-state index is 0.0152. The predicted molar refractivity (Wildman–Crippen MR) is 49.3 cm³/mol. The molecule has 68 valence electrons. The summed E-state index contributed by atoms with van der Waals surface area (Å²) in [6.45, 7) is 2.82. The molecule has 0 bridgehead atoms. The van der Waals surface area contributed by atoms with Crippen LogP contribution in [0.2, 0.25) is 0 Å². The third kappa shape index (κ3) is 4.75. The highest BCUT2D eigenvalue weighted by Gasteiger charge is 2.10. The van der Waals surface area contributed by atoms with E-state index < -0.39 is 0 Å². The second-order valence-electron chi connectivity index (χ2n) is 2.75. The number of nitrogens with one attached hydrogen (secondary N) is 1. The summed E-state index contributed by atoms with van der Waals surface area (Å²) in [5, 5.41) is 2.63. The average molecular weight is 168 g/mol. The van der Waals surface area contributed by atoms with Crippen molar-refractivity contribution in [2.45, 2.75) is 19.8 Å². The lowest BCUT2D eigenvalue weighted by molar-refractivity contribution is -0.124. The van der Waals surface area contributed by atoms with Gasteiger partial charge in [0, 0.05) is 5.92 Å². The van der Waals surface area contributed by atoms with Crippen LogP contribution in [-0.2, 0) is 4.79 Å². The van der Waals surface area contributed by atoms with Gasteiger partial charge in [-0.15, -0.1) is 6.42 Å². The van der Waals surface area contributed by atoms with E-state index in [0.29, 0.717) is 13.1 Å². The summed E-state index contributed by atoms with van der Waals surface area (Å²) in [5.74, 6) is 2.38. The van der Waals surface area contributed by atoms with Crippen molar-refractivity contribution in [2.24, 2.45) is 11.7 Å². The number of carbonyl (C=O) groups is 1. The Kier molecular flexibility index (Phi) is 6.12. The molecule has 0 aliphatic carbocycles. The van der Waals surface area contributed by atoms with Gasteiger partial charge in [0.05, 0.1) is 6.54 Å². The Morgan fingerprint density at radius 3 is 2.92 bits per heavy atom. The van der Waals surface area contributed by atoms with Gasteiger partial charge in [0.2, 0.25) is 5.91 Å². The molecule has 0 saturated carbocycles. The molecule has 0 spiro atoms. The van der Waals surface area contributed by atoms with Gasteiger partial charge in [-0.1, -0.05) is 12.8 Å². The van der Waals surface area contributed by atoms with E-state index in [1.165, 1.54) is 0 Å². The molecular formula is C9H16N2O. The van der Waals surface area contributed by atoms with Crippen LogP contribution in [0.1, 0.15) is 19.8 Å². The van der Waals surface area contributed by atoms with Crippen molar-refractivity contribution in [3.8, 4) is 12.3 Å². The summed E-state index contributed by atoms with van der Waals surface area (Å²) in [5.41, 5.74) is 5.31.